The standard InChI is InChI=1S/C14H21NO2S/c1-14(2,3)18(16)15-13-8-5-10-9-11(17-4)6-7-12(10)13/h6-7,9,13,15H,5,8H2,1-4H3/t13-,18?/m0/s1. The number of rotatable bonds is 3. The fourth-order valence-corrected chi connectivity index (χ4v) is 3.01. The molecule has 1 aromatic carbocycles. The van der Waals surface area contributed by atoms with Gasteiger partial charge in [0.1, 0.15) is 10.5 Å². The Labute approximate surface area is 112 Å². The highest BCUT2D eigenvalue weighted by Crippen LogP contribution is 2.34. The molecule has 1 aromatic rings. The molecule has 1 N–H and O–H groups in total. The Balaban J connectivity index is 2.12. The fourth-order valence-electron chi connectivity index (χ4n) is 2.15. The van der Waals surface area contributed by atoms with Crippen LogP contribution in [0.5, 0.6) is 5.75 Å². The van der Waals surface area contributed by atoms with E-state index in [0.29, 0.717) is 0 Å². The monoisotopic (exact) mass is 267 g/mol. The van der Waals surface area contributed by atoms with Gasteiger partial charge < -0.3 is 9.29 Å². The number of hydrogen-bond acceptors (Lipinski definition) is 3. The topological polar surface area (TPSA) is 44.3 Å². The van der Waals surface area contributed by atoms with Crippen LogP contribution in [0.25, 0.3) is 0 Å². The van der Waals surface area contributed by atoms with Gasteiger partial charge in [0, 0.05) is 11.4 Å². The highest BCUT2D eigenvalue weighted by atomic mass is 32.2. The molecule has 0 bridgehead atoms. The van der Waals surface area contributed by atoms with Gasteiger partial charge in [-0.25, -0.2) is 0 Å². The lowest BCUT2D eigenvalue weighted by molar-refractivity contribution is 0.414. The first-order valence-electron chi connectivity index (χ1n) is 6.26. The zero-order valence-corrected chi connectivity index (χ0v) is 12.3. The third-order valence-electron chi connectivity index (χ3n) is 3.23. The normalized spacial score (nSPS) is 20.6. The van der Waals surface area contributed by atoms with Crippen LogP contribution in [0.15, 0.2) is 18.2 Å². The number of nitrogens with one attached hydrogen (secondary N) is 1. The van der Waals surface area contributed by atoms with Crippen molar-refractivity contribution in [3.8, 4) is 5.75 Å². The van der Waals surface area contributed by atoms with Crippen LogP contribution in [0.1, 0.15) is 44.4 Å². The van der Waals surface area contributed by atoms with Gasteiger partial charge in [-0.05, 0) is 56.9 Å². The van der Waals surface area contributed by atoms with Crippen LogP contribution in [-0.4, -0.2) is 16.4 Å². The van der Waals surface area contributed by atoms with Gasteiger partial charge in [-0.2, -0.15) is 0 Å². The molecule has 0 aliphatic heterocycles. The first-order valence-corrected chi connectivity index (χ1v) is 7.41. The molecule has 100 valence electrons. The Morgan fingerprint density at radius 3 is 2.72 bits per heavy atom. The summed E-state index contributed by atoms with van der Waals surface area (Å²) in [6, 6.07) is 6.33. The van der Waals surface area contributed by atoms with Crippen molar-refractivity contribution in [2.75, 3.05) is 7.11 Å². The highest BCUT2D eigenvalue weighted by molar-refractivity contribution is 7.90. The minimum Gasteiger partial charge on any atom is -0.598 e. The van der Waals surface area contributed by atoms with E-state index in [9.17, 15) is 4.55 Å². The number of aryl methyl sites for hydroxylation is 1. The third-order valence-corrected chi connectivity index (χ3v) is 4.84. The Morgan fingerprint density at radius 2 is 2.11 bits per heavy atom. The molecule has 4 heteroatoms. The van der Waals surface area contributed by atoms with E-state index in [1.54, 1.807) is 7.11 Å². The highest BCUT2D eigenvalue weighted by Gasteiger charge is 2.32. The number of benzene rings is 1. The van der Waals surface area contributed by atoms with Gasteiger partial charge in [-0.3, -0.25) is 0 Å². The molecule has 1 aliphatic rings. The number of methoxy groups -OCH3 is 1. The molecule has 0 saturated carbocycles. The molecule has 0 spiro atoms. The molecule has 3 nitrogen and oxygen atoms in total. The second-order valence-corrected chi connectivity index (χ2v) is 7.65. The van der Waals surface area contributed by atoms with Crippen molar-refractivity contribution in [1.82, 2.24) is 4.72 Å². The maximum atomic E-state index is 12.1. The van der Waals surface area contributed by atoms with E-state index in [4.69, 9.17) is 4.74 Å². The van der Waals surface area contributed by atoms with Crippen molar-refractivity contribution in [2.45, 2.75) is 44.4 Å². The summed E-state index contributed by atoms with van der Waals surface area (Å²) in [5, 5.41) is 0. The summed E-state index contributed by atoms with van der Waals surface area (Å²) in [5.74, 6) is 0.895. The molecule has 1 aliphatic carbocycles. The van der Waals surface area contributed by atoms with Crippen molar-refractivity contribution in [3.63, 3.8) is 0 Å². The molecule has 0 aromatic heterocycles. The maximum Gasteiger partial charge on any atom is 0.136 e. The summed E-state index contributed by atoms with van der Waals surface area (Å²) in [7, 11) is 1.68. The zero-order chi connectivity index (χ0) is 13.3. The second-order valence-electron chi connectivity index (χ2n) is 5.65. The van der Waals surface area contributed by atoms with Crippen LogP contribution in [0, 0.1) is 0 Å². The molecule has 2 rings (SSSR count). The fraction of sp³-hybridized carbons (Fsp3) is 0.571. The summed E-state index contributed by atoms with van der Waals surface area (Å²) >= 11 is -1.02. The van der Waals surface area contributed by atoms with Crippen LogP contribution >= 0.6 is 0 Å². The van der Waals surface area contributed by atoms with Gasteiger partial charge >= 0.3 is 0 Å². The van der Waals surface area contributed by atoms with Crippen LogP contribution in [-0.2, 0) is 17.8 Å². The average molecular weight is 267 g/mol. The summed E-state index contributed by atoms with van der Waals surface area (Å²) in [4.78, 5) is 0. The molecule has 2 atom stereocenters. The predicted octanol–water partition coefficient (Wildman–Crippen LogP) is 2.73. The SMILES string of the molecule is COc1ccc2c(c1)CC[C@@H]2N[S+]([O-])C(C)(C)C. The van der Waals surface area contributed by atoms with E-state index >= 15 is 0 Å². The molecule has 0 amide bonds. The van der Waals surface area contributed by atoms with Crippen LogP contribution < -0.4 is 9.46 Å². The Hall–Kier alpha value is -0.710. The lowest BCUT2D eigenvalue weighted by Gasteiger charge is -2.26. The van der Waals surface area contributed by atoms with E-state index in [2.05, 4.69) is 16.9 Å². The van der Waals surface area contributed by atoms with Gasteiger partial charge in [-0.1, -0.05) is 6.07 Å². The van der Waals surface area contributed by atoms with Gasteiger partial charge in [0.05, 0.1) is 13.2 Å². The van der Waals surface area contributed by atoms with Gasteiger partial charge in [-0.15, -0.1) is 4.72 Å². The first kappa shape index (κ1) is 13.7. The van der Waals surface area contributed by atoms with Gasteiger partial charge in [0.2, 0.25) is 0 Å². The molecular weight excluding hydrogens is 246 g/mol. The molecule has 0 radical (unpaired) electrons. The zero-order valence-electron chi connectivity index (χ0n) is 11.4. The van der Waals surface area contributed by atoms with Gasteiger partial charge in [0.25, 0.3) is 0 Å². The van der Waals surface area contributed by atoms with Crippen molar-refractivity contribution < 1.29 is 9.29 Å². The molecule has 18 heavy (non-hydrogen) atoms. The lowest BCUT2D eigenvalue weighted by Crippen LogP contribution is -2.40. The maximum absolute atomic E-state index is 12.1. The Morgan fingerprint density at radius 1 is 1.39 bits per heavy atom. The largest absolute Gasteiger partial charge is 0.598 e. The van der Waals surface area contributed by atoms with E-state index in [0.717, 1.165) is 18.6 Å². The van der Waals surface area contributed by atoms with Crippen molar-refractivity contribution in [1.29, 1.82) is 0 Å². The molecule has 0 heterocycles. The molecule has 1 unspecified atom stereocenters. The minimum absolute atomic E-state index is 0.200. The Kier molecular flexibility index (Phi) is 3.90. The van der Waals surface area contributed by atoms with Crippen LogP contribution in [0.4, 0.5) is 0 Å². The average Bonchev–Trinajstić information content (AvgIpc) is 2.70. The second kappa shape index (κ2) is 5.11. The van der Waals surface area contributed by atoms with Gasteiger partial charge in [0.15, 0.2) is 0 Å². The first-order chi connectivity index (χ1) is 8.41. The molecular formula is C14H21NO2S. The van der Waals surface area contributed by atoms with Crippen LogP contribution in [0.2, 0.25) is 0 Å². The lowest BCUT2D eigenvalue weighted by atomic mass is 10.1. The van der Waals surface area contributed by atoms with E-state index in [-0.39, 0.29) is 10.8 Å². The smallest absolute Gasteiger partial charge is 0.136 e. The summed E-state index contributed by atoms with van der Waals surface area (Å²) < 4.78 is 20.4. The number of hydrogen-bond donors (Lipinski definition) is 1. The third kappa shape index (κ3) is 2.82. The Bertz CT molecular complexity index is 428. The van der Waals surface area contributed by atoms with E-state index in [1.807, 2.05) is 26.8 Å². The van der Waals surface area contributed by atoms with Crippen molar-refractivity contribution in [2.24, 2.45) is 0 Å². The van der Waals surface area contributed by atoms with Crippen molar-refractivity contribution >= 4 is 11.4 Å². The number of fused-ring (bicyclic) bond motifs is 1. The molecule has 0 fully saturated rings. The summed E-state index contributed by atoms with van der Waals surface area (Å²) in [6.07, 6.45) is 2.02. The minimum atomic E-state index is -1.02. The van der Waals surface area contributed by atoms with E-state index in [1.165, 1.54) is 11.1 Å². The summed E-state index contributed by atoms with van der Waals surface area (Å²) in [6.45, 7) is 5.96. The number of ether oxygens (including phenoxy) is 1. The quantitative estimate of drug-likeness (QED) is 0.856. The van der Waals surface area contributed by atoms with E-state index < -0.39 is 11.4 Å². The predicted molar refractivity (Wildman–Crippen MR) is 75.1 cm³/mol. The summed E-state index contributed by atoms with van der Waals surface area (Å²) in [5.41, 5.74) is 2.56. The van der Waals surface area contributed by atoms with Crippen molar-refractivity contribution in [3.05, 3.63) is 29.3 Å². The van der Waals surface area contributed by atoms with Crippen LogP contribution in [0.3, 0.4) is 0 Å². The molecule has 0 saturated heterocycles.